The minimum Gasteiger partial charge on any atom is -0.310 e. The van der Waals surface area contributed by atoms with Crippen molar-refractivity contribution in [2.45, 2.75) is 27.0 Å². The zero-order valence-electron chi connectivity index (χ0n) is 22.1. The number of amides is 1. The van der Waals surface area contributed by atoms with Crippen LogP contribution in [0, 0.1) is 5.95 Å². The lowest BCUT2D eigenvalue weighted by Gasteiger charge is -2.22. The standard InChI is InChI=1S/C27H29FN5O5P/c1-6-26(34)32(5)22-11-20(14-29-16-22)21-12-23-24(19-9-10-30-25(28)13-19)17-33(27(23)31-15-21)18(4)38-39(35,36-7-2)37-8-3/h6,9-18H,1,7-8H2,2-5H3. The van der Waals surface area contributed by atoms with Gasteiger partial charge < -0.3 is 9.47 Å². The second-order valence-corrected chi connectivity index (χ2v) is 10.1. The van der Waals surface area contributed by atoms with E-state index in [4.69, 9.17) is 13.6 Å². The fraction of sp³-hybridized carbons (Fsp3) is 0.259. The zero-order valence-corrected chi connectivity index (χ0v) is 23.0. The third-order valence-corrected chi connectivity index (χ3v) is 7.62. The van der Waals surface area contributed by atoms with E-state index in [0.29, 0.717) is 39.0 Å². The molecule has 204 valence electrons. The molecule has 12 heteroatoms. The Bertz CT molecular complexity index is 1550. The Balaban J connectivity index is 1.84. The Morgan fingerprint density at radius 1 is 1.13 bits per heavy atom. The first-order valence-corrected chi connectivity index (χ1v) is 13.7. The molecule has 0 saturated heterocycles. The van der Waals surface area contributed by atoms with Gasteiger partial charge in [0.15, 0.2) is 0 Å². The van der Waals surface area contributed by atoms with E-state index < -0.39 is 20.0 Å². The lowest BCUT2D eigenvalue weighted by molar-refractivity contribution is -0.113. The number of carbonyl (C=O) groups is 1. The maximum absolute atomic E-state index is 14.1. The number of hydrogen-bond acceptors (Lipinski definition) is 8. The molecule has 1 atom stereocenters. The Morgan fingerprint density at radius 3 is 2.51 bits per heavy atom. The highest BCUT2D eigenvalue weighted by Gasteiger charge is 2.30. The number of fused-ring (bicyclic) bond motifs is 1. The third-order valence-electron chi connectivity index (χ3n) is 5.90. The van der Waals surface area contributed by atoms with Crippen LogP contribution in [0.5, 0.6) is 0 Å². The molecule has 0 fully saturated rings. The van der Waals surface area contributed by atoms with Gasteiger partial charge in [-0.2, -0.15) is 4.39 Å². The van der Waals surface area contributed by atoms with Crippen LogP contribution in [0.25, 0.3) is 33.3 Å². The van der Waals surface area contributed by atoms with Crippen molar-refractivity contribution >= 4 is 30.5 Å². The summed E-state index contributed by atoms with van der Waals surface area (Å²) in [6, 6.07) is 6.70. The van der Waals surface area contributed by atoms with Gasteiger partial charge >= 0.3 is 7.82 Å². The number of nitrogens with zero attached hydrogens (tertiary/aromatic N) is 5. The van der Waals surface area contributed by atoms with Gasteiger partial charge in [-0.15, -0.1) is 0 Å². The van der Waals surface area contributed by atoms with Crippen molar-refractivity contribution in [2.24, 2.45) is 0 Å². The number of pyridine rings is 3. The predicted molar refractivity (Wildman–Crippen MR) is 146 cm³/mol. The maximum Gasteiger partial charge on any atom is 0.476 e. The second kappa shape index (κ2) is 12.0. The first-order valence-electron chi connectivity index (χ1n) is 12.2. The van der Waals surface area contributed by atoms with E-state index in [1.807, 2.05) is 12.1 Å². The number of aromatic nitrogens is 4. The zero-order chi connectivity index (χ0) is 28.2. The topological polar surface area (TPSA) is 109 Å². The molecule has 1 amide bonds. The molecule has 39 heavy (non-hydrogen) atoms. The molecule has 0 bridgehead atoms. The van der Waals surface area contributed by atoms with Crippen LogP contribution >= 0.6 is 7.82 Å². The highest BCUT2D eigenvalue weighted by Crippen LogP contribution is 2.52. The van der Waals surface area contributed by atoms with E-state index in [1.165, 1.54) is 23.2 Å². The van der Waals surface area contributed by atoms with Crippen molar-refractivity contribution in [1.29, 1.82) is 0 Å². The van der Waals surface area contributed by atoms with E-state index in [9.17, 15) is 13.8 Å². The number of phosphoric acid groups is 1. The Morgan fingerprint density at radius 2 is 1.85 bits per heavy atom. The van der Waals surface area contributed by atoms with Gasteiger partial charge in [-0.25, -0.2) is 14.5 Å². The van der Waals surface area contributed by atoms with Gasteiger partial charge in [-0.1, -0.05) is 6.58 Å². The van der Waals surface area contributed by atoms with E-state index in [1.54, 1.807) is 63.2 Å². The van der Waals surface area contributed by atoms with Gasteiger partial charge in [0, 0.05) is 60.0 Å². The van der Waals surface area contributed by atoms with E-state index >= 15 is 0 Å². The molecular weight excluding hydrogens is 524 g/mol. The summed E-state index contributed by atoms with van der Waals surface area (Å²) in [4.78, 5) is 26.1. The molecule has 4 rings (SSSR count). The average molecular weight is 554 g/mol. The number of phosphoric ester groups is 1. The van der Waals surface area contributed by atoms with Crippen LogP contribution in [-0.4, -0.2) is 45.7 Å². The van der Waals surface area contributed by atoms with Gasteiger partial charge in [-0.05, 0) is 50.6 Å². The van der Waals surface area contributed by atoms with Crippen LogP contribution in [0.4, 0.5) is 10.1 Å². The van der Waals surface area contributed by atoms with Crippen LogP contribution < -0.4 is 4.90 Å². The van der Waals surface area contributed by atoms with E-state index in [2.05, 4.69) is 21.5 Å². The maximum atomic E-state index is 14.1. The first-order chi connectivity index (χ1) is 18.7. The summed E-state index contributed by atoms with van der Waals surface area (Å²) < 4.78 is 45.2. The van der Waals surface area contributed by atoms with E-state index in [-0.39, 0.29) is 19.1 Å². The van der Waals surface area contributed by atoms with Crippen LogP contribution in [0.3, 0.4) is 0 Å². The predicted octanol–water partition coefficient (Wildman–Crippen LogP) is 6.16. The summed E-state index contributed by atoms with van der Waals surface area (Å²) in [6.45, 7) is 8.88. The van der Waals surface area contributed by atoms with E-state index in [0.717, 1.165) is 0 Å². The highest BCUT2D eigenvalue weighted by atomic mass is 31.2. The molecule has 0 radical (unpaired) electrons. The molecular formula is C27H29FN5O5P. The minimum atomic E-state index is -3.84. The Kier molecular flexibility index (Phi) is 8.66. The number of likely N-dealkylation sites (N-methyl/N-ethyl adjacent to an activating group) is 1. The fourth-order valence-electron chi connectivity index (χ4n) is 4.05. The SMILES string of the molecule is C=CC(=O)N(C)c1cncc(-c2cnc3c(c2)c(-c2ccnc(F)c2)cn3C(C)OP(=O)(OCC)OCC)c1. The summed E-state index contributed by atoms with van der Waals surface area (Å²) in [5.74, 6) is -0.905. The normalized spacial score (nSPS) is 12.4. The fourth-order valence-corrected chi connectivity index (χ4v) is 5.36. The lowest BCUT2D eigenvalue weighted by atomic mass is 10.0. The molecule has 4 aromatic heterocycles. The number of hydrogen-bond donors (Lipinski definition) is 0. The second-order valence-electron chi connectivity index (χ2n) is 8.43. The van der Waals surface area contributed by atoms with Crippen molar-refractivity contribution in [3.63, 3.8) is 0 Å². The van der Waals surface area contributed by atoms with Gasteiger partial charge in [0.1, 0.15) is 11.9 Å². The van der Waals surface area contributed by atoms with Crippen LogP contribution in [0.2, 0.25) is 0 Å². The van der Waals surface area contributed by atoms with Crippen LogP contribution in [-0.2, 0) is 22.9 Å². The average Bonchev–Trinajstić information content (AvgIpc) is 3.31. The molecule has 1 unspecified atom stereocenters. The first kappa shape index (κ1) is 28.3. The lowest BCUT2D eigenvalue weighted by Crippen LogP contribution is -2.23. The molecule has 4 heterocycles. The Hall–Kier alpha value is -3.76. The molecule has 0 spiro atoms. The molecule has 0 aliphatic rings. The van der Waals surface area contributed by atoms with Crippen LogP contribution in [0.1, 0.15) is 27.0 Å². The van der Waals surface area contributed by atoms with Crippen molar-refractivity contribution in [3.8, 4) is 22.3 Å². The minimum absolute atomic E-state index is 0.139. The van der Waals surface area contributed by atoms with Crippen molar-refractivity contribution in [3.05, 3.63) is 73.9 Å². The summed E-state index contributed by atoms with van der Waals surface area (Å²) in [6.07, 6.45) is 8.43. The monoisotopic (exact) mass is 553 g/mol. The van der Waals surface area contributed by atoms with Gasteiger partial charge in [-0.3, -0.25) is 23.3 Å². The number of halogens is 1. The van der Waals surface area contributed by atoms with Crippen LogP contribution in [0.15, 0.2) is 67.9 Å². The van der Waals surface area contributed by atoms with Gasteiger partial charge in [0.05, 0.1) is 25.1 Å². The number of rotatable bonds is 11. The summed E-state index contributed by atoms with van der Waals surface area (Å²) in [7, 11) is -2.21. The molecule has 4 aromatic rings. The number of carbonyl (C=O) groups excluding carboxylic acids is 1. The summed E-state index contributed by atoms with van der Waals surface area (Å²) in [5, 5.41) is 0.678. The molecule has 0 saturated carbocycles. The van der Waals surface area contributed by atoms with Crippen molar-refractivity contribution in [2.75, 3.05) is 25.2 Å². The molecule has 0 aromatic carbocycles. The summed E-state index contributed by atoms with van der Waals surface area (Å²) in [5.41, 5.74) is 3.73. The quantitative estimate of drug-likeness (QED) is 0.123. The Labute approximate surface area is 225 Å². The number of anilines is 1. The molecule has 10 nitrogen and oxygen atoms in total. The van der Waals surface area contributed by atoms with Crippen molar-refractivity contribution in [1.82, 2.24) is 19.5 Å². The molecule has 0 N–H and O–H groups in total. The van der Waals surface area contributed by atoms with Gasteiger partial charge in [0.2, 0.25) is 11.9 Å². The largest absolute Gasteiger partial charge is 0.476 e. The third kappa shape index (κ3) is 6.12. The highest BCUT2D eigenvalue weighted by molar-refractivity contribution is 7.48. The molecule has 0 aliphatic heterocycles. The summed E-state index contributed by atoms with van der Waals surface area (Å²) >= 11 is 0. The van der Waals surface area contributed by atoms with Gasteiger partial charge in [0.25, 0.3) is 0 Å². The smallest absolute Gasteiger partial charge is 0.310 e. The molecule has 0 aliphatic carbocycles. The van der Waals surface area contributed by atoms with Crippen molar-refractivity contribution < 1.29 is 27.3 Å².